The second kappa shape index (κ2) is 6.64. The third-order valence-corrected chi connectivity index (χ3v) is 3.01. The van der Waals surface area contributed by atoms with Crippen LogP contribution >= 0.6 is 11.8 Å². The molecule has 0 atom stereocenters. The van der Waals surface area contributed by atoms with Gasteiger partial charge in [0.2, 0.25) is 0 Å². The Morgan fingerprint density at radius 2 is 2.00 bits per heavy atom. The van der Waals surface area contributed by atoms with Crippen LogP contribution in [-0.2, 0) is 0 Å². The van der Waals surface area contributed by atoms with E-state index in [9.17, 15) is 4.79 Å². The van der Waals surface area contributed by atoms with Crippen molar-refractivity contribution in [1.82, 2.24) is 0 Å². The van der Waals surface area contributed by atoms with Crippen LogP contribution in [0.4, 0.5) is 0 Å². The Balaban J connectivity index is 2.59. The van der Waals surface area contributed by atoms with E-state index in [0.717, 1.165) is 16.9 Å². The zero-order chi connectivity index (χ0) is 11.1. The Morgan fingerprint density at radius 1 is 1.33 bits per heavy atom. The molecule has 0 saturated carbocycles. The number of carbonyl (C=O) groups is 1. The summed E-state index contributed by atoms with van der Waals surface area (Å²) in [6, 6.07) is 7.59. The first kappa shape index (κ1) is 12.3. The number of hydrogen-bond donors (Lipinski definition) is 1. The van der Waals surface area contributed by atoms with E-state index in [1.807, 2.05) is 31.2 Å². The highest BCUT2D eigenvalue weighted by atomic mass is 32.2. The summed E-state index contributed by atoms with van der Waals surface area (Å²) in [5.41, 5.74) is 0.783. The van der Waals surface area contributed by atoms with Gasteiger partial charge in [0.25, 0.3) is 0 Å². The zero-order valence-corrected chi connectivity index (χ0v) is 9.72. The van der Waals surface area contributed by atoms with Crippen molar-refractivity contribution in [3.63, 3.8) is 0 Å². The van der Waals surface area contributed by atoms with Gasteiger partial charge in [-0.15, -0.1) is 11.8 Å². The third-order valence-electron chi connectivity index (χ3n) is 2.01. The van der Waals surface area contributed by atoms with Gasteiger partial charge in [0.1, 0.15) is 0 Å². The molecule has 3 heteroatoms. The minimum Gasteiger partial charge on any atom is -0.396 e. The Kier molecular flexibility index (Phi) is 5.43. The van der Waals surface area contributed by atoms with Gasteiger partial charge in [-0.05, 0) is 18.6 Å². The molecule has 1 aromatic rings. The highest BCUT2D eigenvalue weighted by Gasteiger charge is 2.03. The van der Waals surface area contributed by atoms with Crippen molar-refractivity contribution >= 4 is 17.5 Å². The van der Waals surface area contributed by atoms with Crippen LogP contribution in [0.15, 0.2) is 29.2 Å². The lowest BCUT2D eigenvalue weighted by Gasteiger charge is -2.02. The molecule has 0 aliphatic heterocycles. The maximum Gasteiger partial charge on any atom is 0.162 e. The molecule has 1 rings (SSSR count). The molecule has 0 amide bonds. The SMILES string of the molecule is CCCC(=O)c1ccc(SCCO)cc1. The summed E-state index contributed by atoms with van der Waals surface area (Å²) in [6.45, 7) is 2.19. The van der Waals surface area contributed by atoms with E-state index in [2.05, 4.69) is 0 Å². The molecule has 82 valence electrons. The van der Waals surface area contributed by atoms with Gasteiger partial charge in [0, 0.05) is 22.6 Å². The van der Waals surface area contributed by atoms with Crippen LogP contribution in [0, 0.1) is 0 Å². The van der Waals surface area contributed by atoms with Crippen molar-refractivity contribution < 1.29 is 9.90 Å². The Morgan fingerprint density at radius 3 is 2.53 bits per heavy atom. The zero-order valence-electron chi connectivity index (χ0n) is 8.90. The van der Waals surface area contributed by atoms with Crippen molar-refractivity contribution in [2.24, 2.45) is 0 Å². The fraction of sp³-hybridized carbons (Fsp3) is 0.417. The van der Waals surface area contributed by atoms with Crippen LogP contribution in [0.2, 0.25) is 0 Å². The lowest BCUT2D eigenvalue weighted by Crippen LogP contribution is -1.97. The lowest BCUT2D eigenvalue weighted by atomic mass is 10.1. The Bertz CT molecular complexity index is 306. The van der Waals surface area contributed by atoms with Gasteiger partial charge in [0.05, 0.1) is 6.61 Å². The number of ketones is 1. The third kappa shape index (κ3) is 4.06. The van der Waals surface area contributed by atoms with E-state index in [4.69, 9.17) is 5.11 Å². The largest absolute Gasteiger partial charge is 0.396 e. The van der Waals surface area contributed by atoms with E-state index in [1.165, 1.54) is 0 Å². The summed E-state index contributed by atoms with van der Waals surface area (Å²) in [6.07, 6.45) is 1.50. The molecule has 2 nitrogen and oxygen atoms in total. The van der Waals surface area contributed by atoms with Crippen molar-refractivity contribution in [2.45, 2.75) is 24.7 Å². The molecule has 15 heavy (non-hydrogen) atoms. The van der Waals surface area contributed by atoms with Crippen LogP contribution in [0.25, 0.3) is 0 Å². The van der Waals surface area contributed by atoms with Gasteiger partial charge < -0.3 is 5.11 Å². The standard InChI is InChI=1S/C12H16O2S/c1-2-3-12(14)10-4-6-11(7-5-10)15-9-8-13/h4-7,13H,2-3,8-9H2,1H3. The first-order valence-electron chi connectivity index (χ1n) is 5.15. The molecule has 0 bridgehead atoms. The number of benzene rings is 1. The number of aliphatic hydroxyl groups excluding tert-OH is 1. The molecule has 1 aromatic carbocycles. The maximum absolute atomic E-state index is 11.5. The number of rotatable bonds is 6. The Labute approximate surface area is 94.7 Å². The minimum atomic E-state index is 0.182. The number of hydrogen-bond acceptors (Lipinski definition) is 3. The van der Waals surface area contributed by atoms with E-state index in [-0.39, 0.29) is 12.4 Å². The van der Waals surface area contributed by atoms with Crippen LogP contribution in [0.3, 0.4) is 0 Å². The predicted molar refractivity (Wildman–Crippen MR) is 63.5 cm³/mol. The molecule has 0 fully saturated rings. The van der Waals surface area contributed by atoms with Crippen LogP contribution in [-0.4, -0.2) is 23.2 Å². The molecule has 0 aliphatic carbocycles. The second-order valence-corrected chi connectivity index (χ2v) is 4.44. The summed E-state index contributed by atoms with van der Waals surface area (Å²) in [5, 5.41) is 8.67. The minimum absolute atomic E-state index is 0.182. The molecule has 0 aromatic heterocycles. The summed E-state index contributed by atoms with van der Waals surface area (Å²) < 4.78 is 0. The first-order valence-corrected chi connectivity index (χ1v) is 6.13. The summed E-state index contributed by atoms with van der Waals surface area (Å²) in [4.78, 5) is 12.6. The predicted octanol–water partition coefficient (Wildman–Crippen LogP) is 2.75. The average Bonchev–Trinajstić information content (AvgIpc) is 2.27. The molecule has 0 aliphatic rings. The van der Waals surface area contributed by atoms with Crippen molar-refractivity contribution in [2.75, 3.05) is 12.4 Å². The van der Waals surface area contributed by atoms with Crippen LogP contribution in [0.5, 0.6) is 0 Å². The van der Waals surface area contributed by atoms with Crippen LogP contribution in [0.1, 0.15) is 30.1 Å². The van der Waals surface area contributed by atoms with E-state index < -0.39 is 0 Å². The summed E-state index contributed by atoms with van der Waals surface area (Å²) in [5.74, 6) is 0.902. The van der Waals surface area contributed by atoms with Gasteiger partial charge in [-0.25, -0.2) is 0 Å². The highest BCUT2D eigenvalue weighted by molar-refractivity contribution is 7.99. The molecule has 0 radical (unpaired) electrons. The number of carbonyl (C=O) groups excluding carboxylic acids is 1. The topological polar surface area (TPSA) is 37.3 Å². The molecule has 0 spiro atoms. The Hall–Kier alpha value is -0.800. The normalized spacial score (nSPS) is 10.3. The van der Waals surface area contributed by atoms with Gasteiger partial charge in [-0.2, -0.15) is 0 Å². The van der Waals surface area contributed by atoms with Gasteiger partial charge in [-0.1, -0.05) is 19.1 Å². The van der Waals surface area contributed by atoms with E-state index in [0.29, 0.717) is 12.2 Å². The fourth-order valence-electron chi connectivity index (χ4n) is 1.27. The van der Waals surface area contributed by atoms with E-state index in [1.54, 1.807) is 11.8 Å². The number of thioether (sulfide) groups is 1. The maximum atomic E-state index is 11.5. The monoisotopic (exact) mass is 224 g/mol. The average molecular weight is 224 g/mol. The fourth-order valence-corrected chi connectivity index (χ4v) is 1.93. The molecular weight excluding hydrogens is 208 g/mol. The van der Waals surface area contributed by atoms with E-state index >= 15 is 0 Å². The summed E-state index contributed by atoms with van der Waals surface area (Å²) in [7, 11) is 0. The second-order valence-electron chi connectivity index (χ2n) is 3.27. The first-order chi connectivity index (χ1) is 7.27. The van der Waals surface area contributed by atoms with Crippen molar-refractivity contribution in [1.29, 1.82) is 0 Å². The molecule has 0 heterocycles. The lowest BCUT2D eigenvalue weighted by molar-refractivity contribution is 0.0981. The van der Waals surface area contributed by atoms with Gasteiger partial charge >= 0.3 is 0 Å². The highest BCUT2D eigenvalue weighted by Crippen LogP contribution is 2.18. The quantitative estimate of drug-likeness (QED) is 0.596. The summed E-state index contributed by atoms with van der Waals surface area (Å²) >= 11 is 1.59. The van der Waals surface area contributed by atoms with Crippen molar-refractivity contribution in [3.05, 3.63) is 29.8 Å². The molecule has 0 saturated heterocycles. The molecule has 1 N–H and O–H groups in total. The van der Waals surface area contributed by atoms with Gasteiger partial charge in [0.15, 0.2) is 5.78 Å². The number of Topliss-reactive ketones (excluding diaryl/α,β-unsaturated/α-hetero) is 1. The van der Waals surface area contributed by atoms with Crippen LogP contribution < -0.4 is 0 Å². The molecule has 0 unspecified atom stereocenters. The van der Waals surface area contributed by atoms with Gasteiger partial charge in [-0.3, -0.25) is 4.79 Å². The number of aliphatic hydroxyl groups is 1. The molecular formula is C12H16O2S. The smallest absolute Gasteiger partial charge is 0.162 e. The van der Waals surface area contributed by atoms with Crippen molar-refractivity contribution in [3.8, 4) is 0 Å².